The number of aliphatic carboxylic acids is 1. The zero-order chi connectivity index (χ0) is 14.3. The molecule has 0 fully saturated rings. The van der Waals surface area contributed by atoms with Crippen LogP contribution < -0.4 is 0 Å². The Labute approximate surface area is 120 Å². The van der Waals surface area contributed by atoms with Crippen molar-refractivity contribution in [1.29, 1.82) is 0 Å². The molecule has 3 nitrogen and oxygen atoms in total. The maximum atomic E-state index is 11.4. The molecule has 0 heterocycles. The second-order valence-corrected chi connectivity index (χ2v) is 5.22. The first-order chi connectivity index (χ1) is 9.06. The molecule has 0 aliphatic rings. The summed E-state index contributed by atoms with van der Waals surface area (Å²) in [6.45, 7) is 4.40. The molecular formula is C15H21NO2S. The Morgan fingerprint density at radius 2 is 2.00 bits per heavy atom. The van der Waals surface area contributed by atoms with Gasteiger partial charge in [-0.25, -0.2) is 4.79 Å². The van der Waals surface area contributed by atoms with Crippen LogP contribution in [0.15, 0.2) is 30.3 Å². The van der Waals surface area contributed by atoms with Crippen molar-refractivity contribution < 1.29 is 9.90 Å². The van der Waals surface area contributed by atoms with Crippen LogP contribution in [0.2, 0.25) is 0 Å². The van der Waals surface area contributed by atoms with Crippen LogP contribution in [0.5, 0.6) is 0 Å². The van der Waals surface area contributed by atoms with Crippen molar-refractivity contribution >= 4 is 23.2 Å². The standard InChI is InChI=1S/C15H21NO2S/c1-3-4-10-14(15(17)18)16(12(2)19)11-13-8-6-5-7-9-13/h5-9,14H,3-4,10-11H2,1-2H3,(H,17,18). The van der Waals surface area contributed by atoms with Gasteiger partial charge in [0.05, 0.1) is 4.99 Å². The SMILES string of the molecule is CCCCC(C(=O)O)N(Cc1ccccc1)C(C)=S. The highest BCUT2D eigenvalue weighted by Crippen LogP contribution is 2.15. The summed E-state index contributed by atoms with van der Waals surface area (Å²) in [6.07, 6.45) is 2.51. The zero-order valence-electron chi connectivity index (χ0n) is 11.5. The largest absolute Gasteiger partial charge is 0.480 e. The molecule has 0 saturated carbocycles. The van der Waals surface area contributed by atoms with E-state index in [-0.39, 0.29) is 0 Å². The first-order valence-electron chi connectivity index (χ1n) is 6.60. The average molecular weight is 279 g/mol. The lowest BCUT2D eigenvalue weighted by molar-refractivity contribution is -0.142. The Kier molecular flexibility index (Phi) is 6.50. The number of unbranched alkanes of at least 4 members (excludes halogenated alkanes) is 1. The highest BCUT2D eigenvalue weighted by Gasteiger charge is 2.25. The highest BCUT2D eigenvalue weighted by atomic mass is 32.1. The van der Waals surface area contributed by atoms with Gasteiger partial charge in [-0.15, -0.1) is 0 Å². The Hall–Kier alpha value is -1.42. The lowest BCUT2D eigenvalue weighted by Gasteiger charge is -2.30. The van der Waals surface area contributed by atoms with E-state index in [2.05, 4.69) is 6.92 Å². The molecular weight excluding hydrogens is 258 g/mol. The minimum Gasteiger partial charge on any atom is -0.480 e. The van der Waals surface area contributed by atoms with Gasteiger partial charge in [-0.3, -0.25) is 0 Å². The summed E-state index contributed by atoms with van der Waals surface area (Å²) < 4.78 is 0. The molecule has 0 spiro atoms. The van der Waals surface area contributed by atoms with E-state index in [1.807, 2.05) is 35.2 Å². The molecule has 19 heavy (non-hydrogen) atoms. The molecule has 0 aliphatic heterocycles. The first kappa shape index (κ1) is 15.6. The molecule has 0 aliphatic carbocycles. The van der Waals surface area contributed by atoms with Gasteiger partial charge in [-0.1, -0.05) is 62.3 Å². The average Bonchev–Trinajstić information content (AvgIpc) is 2.38. The molecule has 0 radical (unpaired) electrons. The van der Waals surface area contributed by atoms with Crippen LogP contribution in [-0.4, -0.2) is 27.0 Å². The summed E-state index contributed by atoms with van der Waals surface area (Å²) in [5.41, 5.74) is 1.08. The van der Waals surface area contributed by atoms with Gasteiger partial charge in [0.15, 0.2) is 0 Å². The molecule has 1 aromatic carbocycles. The van der Waals surface area contributed by atoms with Gasteiger partial charge in [0.1, 0.15) is 6.04 Å². The number of carboxylic acids is 1. The number of benzene rings is 1. The Morgan fingerprint density at radius 3 is 2.47 bits per heavy atom. The monoisotopic (exact) mass is 279 g/mol. The maximum absolute atomic E-state index is 11.4. The summed E-state index contributed by atoms with van der Waals surface area (Å²) in [5.74, 6) is -0.798. The van der Waals surface area contributed by atoms with Crippen LogP contribution in [-0.2, 0) is 11.3 Å². The summed E-state index contributed by atoms with van der Waals surface area (Å²) >= 11 is 5.22. The second kappa shape index (κ2) is 7.89. The van der Waals surface area contributed by atoms with Crippen LogP contribution in [0.3, 0.4) is 0 Å². The van der Waals surface area contributed by atoms with E-state index in [0.717, 1.165) is 18.4 Å². The van der Waals surface area contributed by atoms with Crippen molar-refractivity contribution in [3.05, 3.63) is 35.9 Å². The minimum absolute atomic E-state index is 0.530. The van der Waals surface area contributed by atoms with E-state index in [1.54, 1.807) is 6.92 Å². The molecule has 1 unspecified atom stereocenters. The molecule has 104 valence electrons. The summed E-state index contributed by atoms with van der Waals surface area (Å²) in [6, 6.07) is 9.30. The molecule has 1 aromatic rings. The van der Waals surface area contributed by atoms with E-state index < -0.39 is 12.0 Å². The van der Waals surface area contributed by atoms with Gasteiger partial charge in [0.25, 0.3) is 0 Å². The number of carboxylic acid groups (broad SMARTS) is 1. The van der Waals surface area contributed by atoms with E-state index in [1.165, 1.54) is 0 Å². The van der Waals surface area contributed by atoms with Crippen molar-refractivity contribution in [1.82, 2.24) is 4.90 Å². The summed E-state index contributed by atoms with van der Waals surface area (Å²) in [4.78, 5) is 13.9. The number of hydrogen-bond donors (Lipinski definition) is 1. The first-order valence-corrected chi connectivity index (χ1v) is 7.01. The summed E-state index contributed by atoms with van der Waals surface area (Å²) in [7, 11) is 0. The highest BCUT2D eigenvalue weighted by molar-refractivity contribution is 7.80. The number of hydrogen-bond acceptors (Lipinski definition) is 2. The van der Waals surface area contributed by atoms with E-state index in [0.29, 0.717) is 18.0 Å². The smallest absolute Gasteiger partial charge is 0.326 e. The number of rotatable bonds is 7. The van der Waals surface area contributed by atoms with Crippen molar-refractivity contribution in [3.8, 4) is 0 Å². The second-order valence-electron chi connectivity index (χ2n) is 4.63. The van der Waals surface area contributed by atoms with Crippen molar-refractivity contribution in [2.45, 2.75) is 45.7 Å². The molecule has 4 heteroatoms. The third-order valence-electron chi connectivity index (χ3n) is 3.09. The molecule has 0 saturated heterocycles. The molecule has 0 amide bonds. The molecule has 1 atom stereocenters. The van der Waals surface area contributed by atoms with E-state index in [9.17, 15) is 9.90 Å². The lowest BCUT2D eigenvalue weighted by atomic mass is 10.1. The molecule has 1 rings (SSSR count). The van der Waals surface area contributed by atoms with Gasteiger partial charge in [0, 0.05) is 6.54 Å². The maximum Gasteiger partial charge on any atom is 0.326 e. The van der Waals surface area contributed by atoms with E-state index in [4.69, 9.17) is 12.2 Å². The zero-order valence-corrected chi connectivity index (χ0v) is 12.3. The van der Waals surface area contributed by atoms with Crippen LogP contribution in [0.4, 0.5) is 0 Å². The fraction of sp³-hybridized carbons (Fsp3) is 0.467. The predicted molar refractivity (Wildman–Crippen MR) is 81.2 cm³/mol. The topological polar surface area (TPSA) is 40.5 Å². The lowest BCUT2D eigenvalue weighted by Crippen LogP contribution is -2.42. The number of nitrogens with zero attached hydrogens (tertiary/aromatic N) is 1. The van der Waals surface area contributed by atoms with Crippen molar-refractivity contribution in [2.75, 3.05) is 0 Å². The molecule has 0 aromatic heterocycles. The summed E-state index contributed by atoms with van der Waals surface area (Å²) in [5, 5.41) is 9.40. The van der Waals surface area contributed by atoms with Gasteiger partial charge >= 0.3 is 5.97 Å². The Balaban J connectivity index is 2.85. The molecule has 1 N–H and O–H groups in total. The minimum atomic E-state index is -0.798. The van der Waals surface area contributed by atoms with Crippen LogP contribution in [0.25, 0.3) is 0 Å². The van der Waals surface area contributed by atoms with Gasteiger partial charge in [0.2, 0.25) is 0 Å². The Morgan fingerprint density at radius 1 is 1.37 bits per heavy atom. The fourth-order valence-corrected chi connectivity index (χ4v) is 2.22. The van der Waals surface area contributed by atoms with Crippen LogP contribution >= 0.6 is 12.2 Å². The van der Waals surface area contributed by atoms with Gasteiger partial charge in [-0.2, -0.15) is 0 Å². The van der Waals surface area contributed by atoms with Gasteiger partial charge < -0.3 is 10.0 Å². The van der Waals surface area contributed by atoms with Crippen molar-refractivity contribution in [2.24, 2.45) is 0 Å². The fourth-order valence-electron chi connectivity index (χ4n) is 2.03. The third kappa shape index (κ3) is 4.99. The van der Waals surface area contributed by atoms with Crippen LogP contribution in [0, 0.1) is 0 Å². The quantitative estimate of drug-likeness (QED) is 0.776. The Bertz CT molecular complexity index is 419. The van der Waals surface area contributed by atoms with Crippen molar-refractivity contribution in [3.63, 3.8) is 0 Å². The number of thiocarbonyl (C=S) groups is 1. The van der Waals surface area contributed by atoms with Gasteiger partial charge in [-0.05, 0) is 18.9 Å². The number of carbonyl (C=O) groups is 1. The van der Waals surface area contributed by atoms with E-state index >= 15 is 0 Å². The normalized spacial score (nSPS) is 11.9. The molecule has 0 bridgehead atoms. The third-order valence-corrected chi connectivity index (χ3v) is 3.33. The predicted octanol–water partition coefficient (Wildman–Crippen LogP) is 3.48. The van der Waals surface area contributed by atoms with Crippen LogP contribution in [0.1, 0.15) is 38.7 Å².